The third-order valence-corrected chi connectivity index (χ3v) is 3.51. The minimum Gasteiger partial charge on any atom is -0.381 e. The quantitative estimate of drug-likeness (QED) is 0.732. The van der Waals surface area contributed by atoms with Crippen molar-refractivity contribution in [2.24, 2.45) is 0 Å². The van der Waals surface area contributed by atoms with Crippen LogP contribution in [-0.2, 0) is 6.54 Å². The maximum Gasteiger partial charge on any atom is 0.274 e. The molecular weight excluding hydrogens is 324 g/mol. The monoisotopic (exact) mass is 339 g/mol. The average Bonchev–Trinajstić information content (AvgIpc) is 2.63. The SMILES string of the molecule is O=C(Nc1ccc(F)cc1F)c1cc(NCc2ccccc2)ccn1. The number of hydrogen-bond acceptors (Lipinski definition) is 3. The van der Waals surface area contributed by atoms with Crippen LogP contribution in [0.4, 0.5) is 20.2 Å². The third kappa shape index (κ3) is 4.38. The summed E-state index contributed by atoms with van der Waals surface area (Å²) in [6, 6.07) is 16.0. The zero-order chi connectivity index (χ0) is 17.6. The summed E-state index contributed by atoms with van der Waals surface area (Å²) in [7, 11) is 0. The zero-order valence-electron chi connectivity index (χ0n) is 13.2. The van der Waals surface area contributed by atoms with E-state index < -0.39 is 17.5 Å². The Morgan fingerprint density at radius 2 is 1.80 bits per heavy atom. The van der Waals surface area contributed by atoms with E-state index in [9.17, 15) is 13.6 Å². The second-order valence-corrected chi connectivity index (χ2v) is 5.35. The van der Waals surface area contributed by atoms with Gasteiger partial charge in [-0.05, 0) is 29.8 Å². The van der Waals surface area contributed by atoms with Crippen LogP contribution in [0.2, 0.25) is 0 Å². The molecule has 0 saturated heterocycles. The van der Waals surface area contributed by atoms with Crippen LogP contribution in [0.1, 0.15) is 16.1 Å². The van der Waals surface area contributed by atoms with Crippen molar-refractivity contribution in [3.63, 3.8) is 0 Å². The number of benzene rings is 2. The Bertz CT molecular complexity index is 885. The molecule has 0 aliphatic rings. The van der Waals surface area contributed by atoms with Gasteiger partial charge < -0.3 is 10.6 Å². The number of rotatable bonds is 5. The van der Waals surface area contributed by atoms with Gasteiger partial charge in [0.05, 0.1) is 5.69 Å². The fraction of sp³-hybridized carbons (Fsp3) is 0.0526. The summed E-state index contributed by atoms with van der Waals surface area (Å²) in [5.74, 6) is -2.12. The Kier molecular flexibility index (Phi) is 4.99. The minimum absolute atomic E-state index is 0.101. The molecule has 0 fully saturated rings. The molecule has 0 atom stereocenters. The Morgan fingerprint density at radius 3 is 2.56 bits per heavy atom. The first-order valence-electron chi connectivity index (χ1n) is 7.62. The number of hydrogen-bond donors (Lipinski definition) is 2. The van der Waals surface area contributed by atoms with Gasteiger partial charge in [-0.15, -0.1) is 0 Å². The Hall–Kier alpha value is -3.28. The Balaban J connectivity index is 1.69. The number of pyridine rings is 1. The van der Waals surface area contributed by atoms with Gasteiger partial charge in [0, 0.05) is 24.5 Å². The molecule has 0 aliphatic heterocycles. The number of carbonyl (C=O) groups excluding carboxylic acids is 1. The van der Waals surface area contributed by atoms with Crippen molar-refractivity contribution in [3.8, 4) is 0 Å². The van der Waals surface area contributed by atoms with Crippen LogP contribution < -0.4 is 10.6 Å². The van der Waals surface area contributed by atoms with E-state index in [1.807, 2.05) is 30.3 Å². The summed E-state index contributed by atoms with van der Waals surface area (Å²) in [6.07, 6.45) is 1.49. The van der Waals surface area contributed by atoms with Gasteiger partial charge in [-0.3, -0.25) is 9.78 Å². The molecular formula is C19H15F2N3O. The molecule has 1 heterocycles. The molecule has 6 heteroatoms. The number of nitrogens with one attached hydrogen (secondary N) is 2. The summed E-state index contributed by atoms with van der Waals surface area (Å²) in [6.45, 7) is 0.596. The third-order valence-electron chi connectivity index (χ3n) is 3.51. The van der Waals surface area contributed by atoms with Crippen molar-refractivity contribution in [2.45, 2.75) is 6.54 Å². The predicted octanol–water partition coefficient (Wildman–Crippen LogP) is 4.22. The topological polar surface area (TPSA) is 54.0 Å². The highest BCUT2D eigenvalue weighted by molar-refractivity contribution is 6.03. The van der Waals surface area contributed by atoms with E-state index in [0.29, 0.717) is 18.3 Å². The molecule has 1 aromatic heterocycles. The highest BCUT2D eigenvalue weighted by Gasteiger charge is 2.12. The summed E-state index contributed by atoms with van der Waals surface area (Å²) in [5, 5.41) is 5.58. The van der Waals surface area contributed by atoms with Gasteiger partial charge in [0.2, 0.25) is 0 Å². The lowest BCUT2D eigenvalue weighted by Gasteiger charge is -2.09. The van der Waals surface area contributed by atoms with Gasteiger partial charge in [0.15, 0.2) is 0 Å². The Labute approximate surface area is 143 Å². The molecule has 1 amide bonds. The second-order valence-electron chi connectivity index (χ2n) is 5.35. The predicted molar refractivity (Wildman–Crippen MR) is 92.3 cm³/mol. The van der Waals surface area contributed by atoms with Crippen molar-refractivity contribution in [1.29, 1.82) is 0 Å². The van der Waals surface area contributed by atoms with Gasteiger partial charge >= 0.3 is 0 Å². The van der Waals surface area contributed by atoms with Crippen LogP contribution in [0.5, 0.6) is 0 Å². The molecule has 0 unspecified atom stereocenters. The number of halogens is 2. The molecule has 3 aromatic rings. The first-order valence-corrected chi connectivity index (χ1v) is 7.62. The lowest BCUT2D eigenvalue weighted by molar-refractivity contribution is 0.102. The van der Waals surface area contributed by atoms with E-state index >= 15 is 0 Å². The maximum atomic E-state index is 13.6. The van der Waals surface area contributed by atoms with Crippen molar-refractivity contribution in [3.05, 3.63) is 89.8 Å². The molecule has 0 radical (unpaired) electrons. The number of nitrogens with zero attached hydrogens (tertiary/aromatic N) is 1. The molecule has 2 N–H and O–H groups in total. The lowest BCUT2D eigenvalue weighted by Crippen LogP contribution is -2.15. The maximum absolute atomic E-state index is 13.6. The molecule has 0 spiro atoms. The minimum atomic E-state index is -0.841. The van der Waals surface area contributed by atoms with E-state index in [4.69, 9.17) is 0 Å². The first-order chi connectivity index (χ1) is 12.1. The van der Waals surface area contributed by atoms with Crippen LogP contribution in [0.3, 0.4) is 0 Å². The van der Waals surface area contributed by atoms with Crippen LogP contribution in [0, 0.1) is 11.6 Å². The second kappa shape index (κ2) is 7.53. The summed E-state index contributed by atoms with van der Waals surface area (Å²) < 4.78 is 26.5. The number of carbonyl (C=O) groups is 1. The highest BCUT2D eigenvalue weighted by atomic mass is 19.1. The van der Waals surface area contributed by atoms with E-state index in [2.05, 4.69) is 15.6 Å². The van der Waals surface area contributed by atoms with E-state index in [1.54, 1.807) is 12.1 Å². The van der Waals surface area contributed by atoms with Crippen molar-refractivity contribution in [2.75, 3.05) is 10.6 Å². The van der Waals surface area contributed by atoms with Gasteiger partial charge in [-0.1, -0.05) is 30.3 Å². The van der Waals surface area contributed by atoms with Gasteiger partial charge in [0.25, 0.3) is 5.91 Å². The molecule has 2 aromatic carbocycles. The van der Waals surface area contributed by atoms with E-state index in [-0.39, 0.29) is 11.4 Å². The molecule has 4 nitrogen and oxygen atoms in total. The number of amides is 1. The largest absolute Gasteiger partial charge is 0.381 e. The summed E-state index contributed by atoms with van der Waals surface area (Å²) in [5.41, 5.74) is 1.83. The molecule has 25 heavy (non-hydrogen) atoms. The zero-order valence-corrected chi connectivity index (χ0v) is 13.2. The summed E-state index contributed by atoms with van der Waals surface area (Å²) in [4.78, 5) is 16.2. The van der Waals surface area contributed by atoms with Gasteiger partial charge in [-0.25, -0.2) is 8.78 Å². The molecule has 0 saturated carbocycles. The van der Waals surface area contributed by atoms with Crippen molar-refractivity contribution >= 4 is 17.3 Å². The average molecular weight is 339 g/mol. The highest BCUT2D eigenvalue weighted by Crippen LogP contribution is 2.17. The molecule has 0 aliphatic carbocycles. The number of aromatic nitrogens is 1. The molecule has 0 bridgehead atoms. The van der Waals surface area contributed by atoms with E-state index in [0.717, 1.165) is 11.6 Å². The first kappa shape index (κ1) is 16.6. The molecule has 126 valence electrons. The standard InChI is InChI=1S/C19H15F2N3O/c20-14-6-7-17(16(21)10-14)24-19(25)18-11-15(8-9-22-18)23-12-13-4-2-1-3-5-13/h1-11H,12H2,(H,22,23)(H,24,25). The smallest absolute Gasteiger partial charge is 0.274 e. The lowest BCUT2D eigenvalue weighted by atomic mass is 10.2. The van der Waals surface area contributed by atoms with E-state index in [1.165, 1.54) is 12.3 Å². The van der Waals surface area contributed by atoms with Crippen molar-refractivity contribution < 1.29 is 13.6 Å². The summed E-state index contributed by atoms with van der Waals surface area (Å²) >= 11 is 0. The van der Waals surface area contributed by atoms with Crippen LogP contribution in [-0.4, -0.2) is 10.9 Å². The van der Waals surface area contributed by atoms with Crippen LogP contribution in [0.25, 0.3) is 0 Å². The van der Waals surface area contributed by atoms with Crippen LogP contribution >= 0.6 is 0 Å². The van der Waals surface area contributed by atoms with Gasteiger partial charge in [0.1, 0.15) is 17.3 Å². The number of anilines is 2. The van der Waals surface area contributed by atoms with Crippen molar-refractivity contribution in [1.82, 2.24) is 4.98 Å². The van der Waals surface area contributed by atoms with Crippen LogP contribution in [0.15, 0.2) is 66.9 Å². The van der Waals surface area contributed by atoms with Gasteiger partial charge in [-0.2, -0.15) is 0 Å². The fourth-order valence-electron chi connectivity index (χ4n) is 2.24. The molecule has 3 rings (SSSR count). The normalized spacial score (nSPS) is 10.3. The fourth-order valence-corrected chi connectivity index (χ4v) is 2.24. The Morgan fingerprint density at radius 1 is 1.00 bits per heavy atom.